The Morgan fingerprint density at radius 1 is 0.885 bits per heavy atom. The number of Topliss-reactive ketones (excluding diaryl/α,β-unsaturated/α-hetero) is 1. The van der Waals surface area contributed by atoms with Gasteiger partial charge in [0.1, 0.15) is 22.9 Å². The summed E-state index contributed by atoms with van der Waals surface area (Å²) >= 11 is 3.50. The zero-order chi connectivity index (χ0) is 18.4. The Hall–Kier alpha value is -2.59. The minimum absolute atomic E-state index is 0.00519. The molecule has 26 heavy (non-hydrogen) atoms. The highest BCUT2D eigenvalue weighted by Crippen LogP contribution is 2.29. The largest absolute Gasteiger partial charge is 0.497 e. The minimum Gasteiger partial charge on any atom is -0.497 e. The van der Waals surface area contributed by atoms with Crippen molar-refractivity contribution in [2.24, 2.45) is 0 Å². The van der Waals surface area contributed by atoms with Crippen LogP contribution in [0.4, 0.5) is 0 Å². The first-order chi connectivity index (χ1) is 12.7. The van der Waals surface area contributed by atoms with Crippen LogP contribution in [0.1, 0.15) is 26.3 Å². The lowest BCUT2D eigenvalue weighted by Crippen LogP contribution is -2.07. The van der Waals surface area contributed by atoms with Crippen molar-refractivity contribution in [2.75, 3.05) is 7.11 Å². The molecule has 0 N–H and O–H groups in total. The summed E-state index contributed by atoms with van der Waals surface area (Å²) in [5.41, 5.74) is 2.64. The van der Waals surface area contributed by atoms with E-state index in [1.807, 2.05) is 54.6 Å². The van der Waals surface area contributed by atoms with Crippen LogP contribution in [0, 0.1) is 0 Å². The molecule has 0 saturated heterocycles. The Kier molecular flexibility index (Phi) is 6.08. The summed E-state index contributed by atoms with van der Waals surface area (Å²) in [6, 6.07) is 24.7. The highest BCUT2D eigenvalue weighted by atomic mass is 79.9. The van der Waals surface area contributed by atoms with Crippen molar-refractivity contribution in [1.82, 2.24) is 0 Å². The van der Waals surface area contributed by atoms with Crippen LogP contribution in [0.25, 0.3) is 0 Å². The molecule has 3 aromatic carbocycles. The first-order valence-corrected chi connectivity index (χ1v) is 9.18. The molecule has 0 bridgehead atoms. The Morgan fingerprint density at radius 2 is 1.50 bits per heavy atom. The monoisotopic (exact) mass is 410 g/mol. The fourth-order valence-corrected chi connectivity index (χ4v) is 3.10. The van der Waals surface area contributed by atoms with Gasteiger partial charge in [0, 0.05) is 5.56 Å². The second-order valence-corrected chi connectivity index (χ2v) is 6.71. The zero-order valence-electron chi connectivity index (χ0n) is 14.4. The molecular weight excluding hydrogens is 392 g/mol. The van der Waals surface area contributed by atoms with Crippen molar-refractivity contribution in [3.05, 3.63) is 95.6 Å². The smallest absolute Gasteiger partial charge is 0.180 e. The van der Waals surface area contributed by atoms with Gasteiger partial charge in [-0.2, -0.15) is 0 Å². The summed E-state index contributed by atoms with van der Waals surface area (Å²) in [6.45, 7) is 0.517. The maximum absolute atomic E-state index is 12.6. The average Bonchev–Trinajstić information content (AvgIpc) is 2.72. The van der Waals surface area contributed by atoms with Crippen LogP contribution in [-0.4, -0.2) is 12.9 Å². The molecule has 0 spiro atoms. The molecule has 1 unspecified atom stereocenters. The molecule has 4 heteroatoms. The molecular formula is C22H19BrO3. The van der Waals surface area contributed by atoms with Crippen molar-refractivity contribution in [2.45, 2.75) is 11.4 Å². The summed E-state index contributed by atoms with van der Waals surface area (Å²) < 4.78 is 10.9. The quantitative estimate of drug-likeness (QED) is 0.376. The van der Waals surface area contributed by atoms with Crippen LogP contribution in [0.3, 0.4) is 0 Å². The summed E-state index contributed by atoms with van der Waals surface area (Å²) in [5, 5.41) is 0. The topological polar surface area (TPSA) is 35.5 Å². The summed E-state index contributed by atoms with van der Waals surface area (Å²) in [6.07, 6.45) is 0. The van der Waals surface area contributed by atoms with Crippen molar-refractivity contribution in [3.63, 3.8) is 0 Å². The van der Waals surface area contributed by atoms with Crippen molar-refractivity contribution < 1.29 is 14.3 Å². The third kappa shape index (κ3) is 4.52. The van der Waals surface area contributed by atoms with Gasteiger partial charge in [-0.3, -0.25) is 4.79 Å². The molecule has 0 amide bonds. The van der Waals surface area contributed by atoms with E-state index in [0.29, 0.717) is 12.2 Å². The predicted molar refractivity (Wildman–Crippen MR) is 106 cm³/mol. The van der Waals surface area contributed by atoms with E-state index in [2.05, 4.69) is 15.9 Å². The van der Waals surface area contributed by atoms with Crippen molar-refractivity contribution in [1.29, 1.82) is 0 Å². The molecule has 0 fully saturated rings. The minimum atomic E-state index is -0.404. The maximum atomic E-state index is 12.6. The number of benzene rings is 3. The van der Waals surface area contributed by atoms with Crippen LogP contribution in [0.15, 0.2) is 78.9 Å². The third-order valence-electron chi connectivity index (χ3n) is 4.03. The number of methoxy groups -OCH3 is 1. The number of hydrogen-bond acceptors (Lipinski definition) is 3. The van der Waals surface area contributed by atoms with E-state index in [-0.39, 0.29) is 5.78 Å². The van der Waals surface area contributed by atoms with Gasteiger partial charge in [-0.1, -0.05) is 58.4 Å². The van der Waals surface area contributed by atoms with E-state index >= 15 is 0 Å². The lowest BCUT2D eigenvalue weighted by molar-refractivity contribution is 0.0991. The van der Waals surface area contributed by atoms with Crippen LogP contribution < -0.4 is 9.47 Å². The molecule has 1 atom stereocenters. The van der Waals surface area contributed by atoms with E-state index in [9.17, 15) is 4.79 Å². The summed E-state index contributed by atoms with van der Waals surface area (Å²) in [7, 11) is 1.60. The average molecular weight is 411 g/mol. The molecule has 3 nitrogen and oxygen atoms in total. The second kappa shape index (κ2) is 8.68. The Labute approximate surface area is 161 Å². The van der Waals surface area contributed by atoms with Gasteiger partial charge in [-0.05, 0) is 47.5 Å². The van der Waals surface area contributed by atoms with Gasteiger partial charge in [0.05, 0.1) is 7.11 Å². The van der Waals surface area contributed by atoms with Crippen molar-refractivity contribution in [3.8, 4) is 11.5 Å². The van der Waals surface area contributed by atoms with Crippen LogP contribution in [-0.2, 0) is 6.61 Å². The molecule has 0 radical (unpaired) electrons. The Balaban J connectivity index is 1.64. The first-order valence-electron chi connectivity index (χ1n) is 8.26. The number of hydrogen-bond donors (Lipinski definition) is 0. The molecule has 3 rings (SSSR count). The van der Waals surface area contributed by atoms with Gasteiger partial charge in [0.25, 0.3) is 0 Å². The maximum Gasteiger partial charge on any atom is 0.180 e. The number of halogens is 1. The van der Waals surface area contributed by atoms with Crippen molar-refractivity contribution >= 4 is 21.7 Å². The first kappa shape index (κ1) is 18.2. The van der Waals surface area contributed by atoms with Gasteiger partial charge in [-0.25, -0.2) is 0 Å². The SMILES string of the molecule is COc1ccc(C(=O)C(Br)c2ccc(OCc3ccccc3)cc2)cc1. The Morgan fingerprint density at radius 3 is 2.12 bits per heavy atom. The zero-order valence-corrected chi connectivity index (χ0v) is 16.0. The highest BCUT2D eigenvalue weighted by molar-refractivity contribution is 9.09. The molecule has 0 aliphatic rings. The number of carbonyl (C=O) groups excluding carboxylic acids is 1. The number of ether oxygens (including phenoxy) is 2. The van der Waals surface area contributed by atoms with E-state index in [1.165, 1.54) is 0 Å². The highest BCUT2D eigenvalue weighted by Gasteiger charge is 2.19. The van der Waals surface area contributed by atoms with E-state index < -0.39 is 4.83 Å². The van der Waals surface area contributed by atoms with Gasteiger partial charge < -0.3 is 9.47 Å². The number of rotatable bonds is 7. The summed E-state index contributed by atoms with van der Waals surface area (Å²) in [4.78, 5) is 12.2. The second-order valence-electron chi connectivity index (χ2n) is 5.80. The summed E-state index contributed by atoms with van der Waals surface area (Å²) in [5.74, 6) is 1.51. The van der Waals surface area contributed by atoms with Gasteiger partial charge in [0.15, 0.2) is 5.78 Å². The van der Waals surface area contributed by atoms with Gasteiger partial charge >= 0.3 is 0 Å². The fraction of sp³-hybridized carbons (Fsp3) is 0.136. The molecule has 132 valence electrons. The van der Waals surface area contributed by atoms with Crippen LogP contribution in [0.2, 0.25) is 0 Å². The van der Waals surface area contributed by atoms with Gasteiger partial charge in [0.2, 0.25) is 0 Å². The number of alkyl halides is 1. The molecule has 0 saturated carbocycles. The lowest BCUT2D eigenvalue weighted by Gasteiger charge is -2.11. The van der Waals surface area contributed by atoms with E-state index in [1.54, 1.807) is 31.4 Å². The fourth-order valence-electron chi connectivity index (χ4n) is 2.53. The molecule has 0 aliphatic carbocycles. The normalized spacial score (nSPS) is 11.6. The molecule has 0 aliphatic heterocycles. The molecule has 0 aromatic heterocycles. The van der Waals surface area contributed by atoms with E-state index in [0.717, 1.165) is 22.6 Å². The van der Waals surface area contributed by atoms with Crippen LogP contribution >= 0.6 is 15.9 Å². The lowest BCUT2D eigenvalue weighted by atomic mass is 10.0. The number of ketones is 1. The molecule has 3 aromatic rings. The predicted octanol–water partition coefficient (Wildman–Crippen LogP) is 5.59. The van der Waals surface area contributed by atoms with Crippen LogP contribution in [0.5, 0.6) is 11.5 Å². The third-order valence-corrected chi connectivity index (χ3v) is 4.97. The van der Waals surface area contributed by atoms with Gasteiger partial charge in [-0.15, -0.1) is 0 Å². The molecule has 0 heterocycles. The van der Waals surface area contributed by atoms with E-state index in [4.69, 9.17) is 9.47 Å². The standard InChI is InChI=1S/C22H19BrO3/c1-25-19-11-9-18(10-12-19)22(24)21(23)17-7-13-20(14-8-17)26-15-16-5-3-2-4-6-16/h2-14,21H,15H2,1H3. The number of carbonyl (C=O) groups is 1. The Bertz CT molecular complexity index is 843.